The van der Waals surface area contributed by atoms with Crippen molar-refractivity contribution < 1.29 is 0 Å². The highest BCUT2D eigenvalue weighted by atomic mass is 32.2. The third-order valence-corrected chi connectivity index (χ3v) is 5.47. The van der Waals surface area contributed by atoms with Gasteiger partial charge in [-0.15, -0.1) is 10.2 Å². The van der Waals surface area contributed by atoms with Crippen LogP contribution in [0, 0.1) is 20.8 Å². The second-order valence-electron chi connectivity index (χ2n) is 6.34. The first-order valence-corrected chi connectivity index (χ1v) is 9.39. The highest BCUT2D eigenvalue weighted by molar-refractivity contribution is 7.98. The first kappa shape index (κ1) is 18.2. The molecule has 5 nitrogen and oxygen atoms in total. The zero-order valence-corrected chi connectivity index (χ0v) is 16.2. The molecule has 3 aromatic rings. The zero-order valence-electron chi connectivity index (χ0n) is 15.4. The number of anilines is 2. The summed E-state index contributed by atoms with van der Waals surface area (Å²) in [5, 5.41) is 12.1. The minimum atomic E-state index is -0.188. The van der Waals surface area contributed by atoms with Crippen LogP contribution in [0.3, 0.4) is 0 Å². The fourth-order valence-corrected chi connectivity index (χ4v) is 3.36. The molecule has 1 aromatic heterocycles. The number of aromatic nitrogens is 3. The standard InChI is InChI=1S/C20H22N4OS/c1-13-8-10-16(11-9-13)12-26-20-23-22-18(19(25)24(20)4)21-17-7-5-6-14(2)15(17)3/h5-11H,12H2,1-4H3,(H,21,22). The first-order valence-electron chi connectivity index (χ1n) is 8.41. The lowest BCUT2D eigenvalue weighted by Crippen LogP contribution is -2.24. The molecule has 0 spiro atoms. The molecule has 1 N–H and O–H groups in total. The number of aryl methyl sites for hydroxylation is 2. The van der Waals surface area contributed by atoms with E-state index in [2.05, 4.69) is 46.7 Å². The second-order valence-corrected chi connectivity index (χ2v) is 7.28. The summed E-state index contributed by atoms with van der Waals surface area (Å²) in [5.74, 6) is 0.979. The van der Waals surface area contributed by atoms with Gasteiger partial charge in [-0.1, -0.05) is 53.7 Å². The Hall–Kier alpha value is -2.60. The van der Waals surface area contributed by atoms with E-state index in [0.29, 0.717) is 5.16 Å². The topological polar surface area (TPSA) is 59.8 Å². The van der Waals surface area contributed by atoms with Crippen molar-refractivity contribution in [3.05, 3.63) is 75.1 Å². The molecule has 0 saturated heterocycles. The summed E-state index contributed by atoms with van der Waals surface area (Å²) in [6.45, 7) is 6.12. The Bertz CT molecular complexity index is 980. The van der Waals surface area contributed by atoms with Gasteiger partial charge in [0.1, 0.15) is 0 Å². The van der Waals surface area contributed by atoms with Gasteiger partial charge in [0, 0.05) is 18.5 Å². The van der Waals surface area contributed by atoms with Crippen LogP contribution in [-0.4, -0.2) is 14.8 Å². The molecule has 26 heavy (non-hydrogen) atoms. The van der Waals surface area contributed by atoms with Crippen LogP contribution in [0.5, 0.6) is 0 Å². The lowest BCUT2D eigenvalue weighted by molar-refractivity contribution is 0.666. The molecular formula is C20H22N4OS. The third-order valence-electron chi connectivity index (χ3n) is 4.38. The van der Waals surface area contributed by atoms with Gasteiger partial charge in [-0.05, 0) is 43.5 Å². The average molecular weight is 366 g/mol. The van der Waals surface area contributed by atoms with E-state index in [4.69, 9.17) is 0 Å². The quantitative estimate of drug-likeness (QED) is 0.688. The molecule has 0 radical (unpaired) electrons. The van der Waals surface area contributed by atoms with Crippen LogP contribution in [0.1, 0.15) is 22.3 Å². The van der Waals surface area contributed by atoms with E-state index in [9.17, 15) is 4.79 Å². The van der Waals surface area contributed by atoms with Crippen LogP contribution < -0.4 is 10.9 Å². The van der Waals surface area contributed by atoms with E-state index >= 15 is 0 Å². The van der Waals surface area contributed by atoms with Gasteiger partial charge in [0.2, 0.25) is 5.82 Å². The van der Waals surface area contributed by atoms with Crippen molar-refractivity contribution in [2.45, 2.75) is 31.7 Å². The highest BCUT2D eigenvalue weighted by Crippen LogP contribution is 2.22. The van der Waals surface area contributed by atoms with E-state index in [-0.39, 0.29) is 11.4 Å². The number of thioether (sulfide) groups is 1. The van der Waals surface area contributed by atoms with Crippen molar-refractivity contribution in [2.24, 2.45) is 7.05 Å². The number of hydrogen-bond acceptors (Lipinski definition) is 5. The normalized spacial score (nSPS) is 10.8. The van der Waals surface area contributed by atoms with E-state index in [1.807, 2.05) is 32.0 Å². The van der Waals surface area contributed by atoms with Gasteiger partial charge in [-0.2, -0.15) is 0 Å². The maximum atomic E-state index is 12.6. The van der Waals surface area contributed by atoms with Gasteiger partial charge in [0.05, 0.1) is 0 Å². The van der Waals surface area contributed by atoms with Gasteiger partial charge >= 0.3 is 0 Å². The lowest BCUT2D eigenvalue weighted by Gasteiger charge is -2.12. The van der Waals surface area contributed by atoms with Crippen LogP contribution in [-0.2, 0) is 12.8 Å². The Morgan fingerprint density at radius 3 is 2.50 bits per heavy atom. The van der Waals surface area contributed by atoms with E-state index in [1.165, 1.54) is 22.9 Å². The van der Waals surface area contributed by atoms with Crippen LogP contribution >= 0.6 is 11.8 Å². The van der Waals surface area contributed by atoms with Crippen LogP contribution in [0.15, 0.2) is 52.4 Å². The van der Waals surface area contributed by atoms with Crippen molar-refractivity contribution in [1.82, 2.24) is 14.8 Å². The van der Waals surface area contributed by atoms with Crippen LogP contribution in [0.25, 0.3) is 0 Å². The number of nitrogens with zero attached hydrogens (tertiary/aromatic N) is 3. The summed E-state index contributed by atoms with van der Waals surface area (Å²) in [4.78, 5) is 12.6. The predicted octanol–water partition coefficient (Wildman–Crippen LogP) is 4.14. The molecule has 0 aliphatic heterocycles. The second kappa shape index (κ2) is 7.74. The first-order chi connectivity index (χ1) is 12.5. The minimum Gasteiger partial charge on any atom is -0.334 e. The van der Waals surface area contributed by atoms with E-state index in [0.717, 1.165) is 22.6 Å². The molecule has 0 bridgehead atoms. The monoisotopic (exact) mass is 366 g/mol. The average Bonchev–Trinajstić information content (AvgIpc) is 2.63. The van der Waals surface area contributed by atoms with Gasteiger partial charge in [-0.25, -0.2) is 0 Å². The van der Waals surface area contributed by atoms with E-state index < -0.39 is 0 Å². The Balaban J connectivity index is 1.79. The number of hydrogen-bond donors (Lipinski definition) is 1. The van der Waals surface area contributed by atoms with Crippen LogP contribution in [0.2, 0.25) is 0 Å². The van der Waals surface area contributed by atoms with Gasteiger partial charge in [0.15, 0.2) is 5.16 Å². The summed E-state index contributed by atoms with van der Waals surface area (Å²) >= 11 is 1.50. The Morgan fingerprint density at radius 2 is 1.77 bits per heavy atom. The zero-order chi connectivity index (χ0) is 18.7. The van der Waals surface area contributed by atoms with Crippen molar-refractivity contribution in [3.63, 3.8) is 0 Å². The number of benzene rings is 2. The molecule has 3 rings (SSSR count). The highest BCUT2D eigenvalue weighted by Gasteiger charge is 2.11. The lowest BCUT2D eigenvalue weighted by atomic mass is 10.1. The molecule has 0 amide bonds. The largest absolute Gasteiger partial charge is 0.334 e. The summed E-state index contributed by atoms with van der Waals surface area (Å²) < 4.78 is 1.54. The molecule has 0 atom stereocenters. The smallest absolute Gasteiger partial charge is 0.297 e. The fourth-order valence-electron chi connectivity index (χ4n) is 2.50. The van der Waals surface area contributed by atoms with E-state index in [1.54, 1.807) is 11.6 Å². The molecular weight excluding hydrogens is 344 g/mol. The fraction of sp³-hybridized carbons (Fsp3) is 0.250. The maximum Gasteiger partial charge on any atom is 0.297 e. The molecule has 6 heteroatoms. The van der Waals surface area contributed by atoms with Crippen LogP contribution in [0.4, 0.5) is 11.5 Å². The van der Waals surface area contributed by atoms with Crippen molar-refractivity contribution >= 4 is 23.3 Å². The van der Waals surface area contributed by atoms with Crippen molar-refractivity contribution in [1.29, 1.82) is 0 Å². The molecule has 134 valence electrons. The number of nitrogens with one attached hydrogen (secondary N) is 1. The molecule has 0 aliphatic carbocycles. The van der Waals surface area contributed by atoms with Crippen molar-refractivity contribution in [2.75, 3.05) is 5.32 Å². The summed E-state index contributed by atoms with van der Waals surface area (Å²) in [6.07, 6.45) is 0. The Kier molecular flexibility index (Phi) is 5.42. The minimum absolute atomic E-state index is 0.188. The van der Waals surface area contributed by atoms with Gasteiger partial charge in [-0.3, -0.25) is 9.36 Å². The maximum absolute atomic E-state index is 12.6. The molecule has 1 heterocycles. The van der Waals surface area contributed by atoms with Gasteiger partial charge in [0.25, 0.3) is 5.56 Å². The SMILES string of the molecule is Cc1ccc(CSc2nnc(Nc3cccc(C)c3C)c(=O)n2C)cc1. The van der Waals surface area contributed by atoms with Crippen molar-refractivity contribution in [3.8, 4) is 0 Å². The summed E-state index contributed by atoms with van der Waals surface area (Å²) in [7, 11) is 1.72. The molecule has 0 saturated carbocycles. The van der Waals surface area contributed by atoms with Gasteiger partial charge < -0.3 is 5.32 Å². The number of rotatable bonds is 5. The third kappa shape index (κ3) is 3.96. The summed E-state index contributed by atoms with van der Waals surface area (Å²) in [6, 6.07) is 14.3. The molecule has 0 aliphatic rings. The predicted molar refractivity (Wildman–Crippen MR) is 107 cm³/mol. The Morgan fingerprint density at radius 1 is 1.04 bits per heavy atom. The molecule has 0 unspecified atom stereocenters. The molecule has 0 fully saturated rings. The Labute approximate surface area is 157 Å². The summed E-state index contributed by atoms with van der Waals surface area (Å²) in [5.41, 5.74) is 5.35. The molecule has 2 aromatic carbocycles.